The van der Waals surface area contributed by atoms with E-state index in [1.807, 2.05) is 12.3 Å². The Balaban J connectivity index is 1.64. The minimum absolute atomic E-state index is 0.352. The lowest BCUT2D eigenvalue weighted by Gasteiger charge is -2.13. The molecule has 1 aromatic heterocycles. The number of benzene rings is 1. The molecule has 2 N–H and O–H groups in total. The van der Waals surface area contributed by atoms with Gasteiger partial charge in [-0.05, 0) is 38.0 Å². The van der Waals surface area contributed by atoms with Crippen LogP contribution >= 0.6 is 0 Å². The Morgan fingerprint density at radius 3 is 3.24 bits per heavy atom. The maximum Gasteiger partial charge on any atom is 0.0751 e. The first-order valence-corrected chi connectivity index (χ1v) is 6.14. The van der Waals surface area contributed by atoms with Gasteiger partial charge in [0.25, 0.3) is 0 Å². The molecular weight excluding hydrogens is 214 g/mol. The van der Waals surface area contributed by atoms with Gasteiger partial charge in [0.05, 0.1) is 23.9 Å². The first-order chi connectivity index (χ1) is 8.31. The summed E-state index contributed by atoms with van der Waals surface area (Å²) in [5, 5.41) is 11.5. The number of nitrogens with one attached hydrogen (secondary N) is 2. The largest absolute Gasteiger partial charge is 0.382 e. The number of rotatable bonds is 3. The molecule has 2 atom stereocenters. The molecule has 90 valence electrons. The average molecular weight is 231 g/mol. The fraction of sp³-hybridized carbons (Fsp3) is 0.462. The van der Waals surface area contributed by atoms with E-state index in [2.05, 4.69) is 34.6 Å². The lowest BCUT2D eigenvalue weighted by Crippen LogP contribution is -2.19. The molecule has 1 aromatic carbocycles. The third kappa shape index (κ3) is 2.26. The van der Waals surface area contributed by atoms with Gasteiger partial charge in [-0.1, -0.05) is 0 Å². The Labute approximate surface area is 100 Å². The first kappa shape index (κ1) is 10.6. The summed E-state index contributed by atoms with van der Waals surface area (Å²) < 4.78 is 5.77. The van der Waals surface area contributed by atoms with E-state index < -0.39 is 0 Å². The minimum atomic E-state index is 0.352. The second-order valence-electron chi connectivity index (χ2n) is 4.70. The summed E-state index contributed by atoms with van der Waals surface area (Å²) in [6, 6.07) is 6.22. The van der Waals surface area contributed by atoms with Crippen molar-refractivity contribution in [1.29, 1.82) is 0 Å². The molecule has 0 bridgehead atoms. The van der Waals surface area contributed by atoms with Gasteiger partial charge in [0.15, 0.2) is 0 Å². The van der Waals surface area contributed by atoms with Crippen LogP contribution in [0.25, 0.3) is 10.9 Å². The van der Waals surface area contributed by atoms with Crippen molar-refractivity contribution in [1.82, 2.24) is 10.2 Å². The van der Waals surface area contributed by atoms with Crippen LogP contribution in [0.4, 0.5) is 5.69 Å². The van der Waals surface area contributed by atoms with E-state index >= 15 is 0 Å². The summed E-state index contributed by atoms with van der Waals surface area (Å²) >= 11 is 0. The number of hydrogen-bond donors (Lipinski definition) is 2. The van der Waals surface area contributed by atoms with Crippen LogP contribution in [0.2, 0.25) is 0 Å². The van der Waals surface area contributed by atoms with Crippen LogP contribution in [-0.4, -0.2) is 29.0 Å². The smallest absolute Gasteiger partial charge is 0.0751 e. The highest BCUT2D eigenvalue weighted by atomic mass is 16.5. The molecule has 0 aliphatic carbocycles. The zero-order chi connectivity index (χ0) is 11.7. The summed E-state index contributed by atoms with van der Waals surface area (Å²) in [6.45, 7) is 3.02. The molecule has 1 aliphatic heterocycles. The summed E-state index contributed by atoms with van der Waals surface area (Å²) in [7, 11) is 0. The molecule has 1 saturated heterocycles. The molecule has 0 saturated carbocycles. The molecule has 0 amide bonds. The lowest BCUT2D eigenvalue weighted by molar-refractivity contribution is 0.0637. The Morgan fingerprint density at radius 2 is 2.41 bits per heavy atom. The summed E-state index contributed by atoms with van der Waals surface area (Å²) in [5.41, 5.74) is 2.20. The molecule has 3 rings (SSSR count). The van der Waals surface area contributed by atoms with E-state index in [0.717, 1.165) is 29.6 Å². The van der Waals surface area contributed by atoms with Crippen molar-refractivity contribution >= 4 is 16.6 Å². The van der Waals surface area contributed by atoms with Gasteiger partial charge >= 0.3 is 0 Å². The van der Waals surface area contributed by atoms with Crippen LogP contribution in [-0.2, 0) is 4.74 Å². The highest BCUT2D eigenvalue weighted by molar-refractivity contribution is 5.81. The van der Waals surface area contributed by atoms with Gasteiger partial charge in [-0.2, -0.15) is 5.10 Å². The molecular formula is C13H17N3O. The van der Waals surface area contributed by atoms with Crippen LogP contribution < -0.4 is 5.32 Å². The van der Waals surface area contributed by atoms with E-state index in [1.54, 1.807) is 0 Å². The van der Waals surface area contributed by atoms with Crippen molar-refractivity contribution in [2.45, 2.75) is 32.0 Å². The quantitative estimate of drug-likeness (QED) is 0.853. The SMILES string of the molecule is CC1CCC(CNc2ccc3[nH]ncc3c2)O1. The summed E-state index contributed by atoms with van der Waals surface area (Å²) in [6.07, 6.45) is 4.94. The number of H-pyrrole nitrogens is 1. The van der Waals surface area contributed by atoms with Gasteiger partial charge in [-0.25, -0.2) is 0 Å². The molecule has 0 spiro atoms. The average Bonchev–Trinajstić information content (AvgIpc) is 2.94. The number of ether oxygens (including phenoxy) is 1. The number of anilines is 1. The topological polar surface area (TPSA) is 49.9 Å². The Bertz CT molecular complexity index is 508. The number of aromatic nitrogens is 2. The zero-order valence-electron chi connectivity index (χ0n) is 9.94. The predicted molar refractivity (Wildman–Crippen MR) is 68.2 cm³/mol. The molecule has 2 aromatic rings. The minimum Gasteiger partial charge on any atom is -0.382 e. The van der Waals surface area contributed by atoms with Crippen LogP contribution in [0.5, 0.6) is 0 Å². The molecule has 2 heterocycles. The highest BCUT2D eigenvalue weighted by Gasteiger charge is 2.21. The maximum absolute atomic E-state index is 5.77. The van der Waals surface area contributed by atoms with E-state index in [4.69, 9.17) is 4.74 Å². The van der Waals surface area contributed by atoms with E-state index in [-0.39, 0.29) is 0 Å². The molecule has 1 fully saturated rings. The molecule has 2 unspecified atom stereocenters. The third-order valence-corrected chi connectivity index (χ3v) is 3.29. The van der Waals surface area contributed by atoms with Crippen LogP contribution in [0.1, 0.15) is 19.8 Å². The van der Waals surface area contributed by atoms with Crippen molar-refractivity contribution in [2.75, 3.05) is 11.9 Å². The van der Waals surface area contributed by atoms with Gasteiger partial charge in [-0.3, -0.25) is 5.10 Å². The van der Waals surface area contributed by atoms with Crippen LogP contribution in [0, 0.1) is 0 Å². The molecule has 17 heavy (non-hydrogen) atoms. The van der Waals surface area contributed by atoms with Crippen molar-refractivity contribution in [2.24, 2.45) is 0 Å². The first-order valence-electron chi connectivity index (χ1n) is 6.14. The Morgan fingerprint density at radius 1 is 1.47 bits per heavy atom. The number of aromatic amines is 1. The summed E-state index contributed by atoms with van der Waals surface area (Å²) in [4.78, 5) is 0. The fourth-order valence-electron chi connectivity index (χ4n) is 2.32. The third-order valence-electron chi connectivity index (χ3n) is 3.29. The number of fused-ring (bicyclic) bond motifs is 1. The normalized spacial score (nSPS) is 24.3. The lowest BCUT2D eigenvalue weighted by atomic mass is 10.2. The van der Waals surface area contributed by atoms with Crippen LogP contribution in [0.15, 0.2) is 24.4 Å². The van der Waals surface area contributed by atoms with Crippen molar-refractivity contribution in [3.8, 4) is 0 Å². The van der Waals surface area contributed by atoms with Gasteiger partial charge in [0.1, 0.15) is 0 Å². The van der Waals surface area contributed by atoms with E-state index in [1.165, 1.54) is 6.42 Å². The maximum atomic E-state index is 5.77. The second kappa shape index (κ2) is 4.37. The Hall–Kier alpha value is -1.55. The second-order valence-corrected chi connectivity index (χ2v) is 4.70. The van der Waals surface area contributed by atoms with Gasteiger partial charge in [0.2, 0.25) is 0 Å². The summed E-state index contributed by atoms with van der Waals surface area (Å²) in [5.74, 6) is 0. The van der Waals surface area contributed by atoms with Gasteiger partial charge in [0, 0.05) is 17.6 Å². The van der Waals surface area contributed by atoms with Gasteiger partial charge in [-0.15, -0.1) is 0 Å². The Kier molecular flexibility index (Phi) is 2.73. The predicted octanol–water partition coefficient (Wildman–Crippen LogP) is 2.54. The van der Waals surface area contributed by atoms with E-state index in [9.17, 15) is 0 Å². The standard InChI is InChI=1S/C13H17N3O/c1-9-2-4-12(17-9)8-14-11-3-5-13-10(6-11)7-15-16-13/h3,5-7,9,12,14H,2,4,8H2,1H3,(H,15,16). The van der Waals surface area contributed by atoms with Crippen LogP contribution in [0.3, 0.4) is 0 Å². The highest BCUT2D eigenvalue weighted by Crippen LogP contribution is 2.21. The zero-order valence-corrected chi connectivity index (χ0v) is 9.94. The molecule has 4 heteroatoms. The number of nitrogens with zero attached hydrogens (tertiary/aromatic N) is 1. The van der Waals surface area contributed by atoms with Crippen molar-refractivity contribution < 1.29 is 4.74 Å². The van der Waals surface area contributed by atoms with Gasteiger partial charge < -0.3 is 10.1 Å². The fourth-order valence-corrected chi connectivity index (χ4v) is 2.32. The van der Waals surface area contributed by atoms with E-state index in [0.29, 0.717) is 12.2 Å². The molecule has 4 nitrogen and oxygen atoms in total. The molecule has 1 aliphatic rings. The number of hydrogen-bond acceptors (Lipinski definition) is 3. The molecule has 0 radical (unpaired) electrons. The van der Waals surface area contributed by atoms with Crippen molar-refractivity contribution in [3.63, 3.8) is 0 Å². The monoisotopic (exact) mass is 231 g/mol. The van der Waals surface area contributed by atoms with Crippen molar-refractivity contribution in [3.05, 3.63) is 24.4 Å².